The third kappa shape index (κ3) is 7.07. The number of furan rings is 1. The van der Waals surface area contributed by atoms with Gasteiger partial charge in [0, 0.05) is 36.8 Å². The number of halogens is 1. The molecule has 6 nitrogen and oxygen atoms in total. The molecule has 0 bridgehead atoms. The Bertz CT molecular complexity index is 992. The minimum absolute atomic E-state index is 0.0252. The van der Waals surface area contributed by atoms with Crippen LogP contribution in [0.5, 0.6) is 0 Å². The zero-order valence-electron chi connectivity index (χ0n) is 18.1. The van der Waals surface area contributed by atoms with E-state index in [2.05, 4.69) is 15.9 Å². The number of hydrogen-bond donors (Lipinski definition) is 0. The lowest BCUT2D eigenvalue weighted by Crippen LogP contribution is -2.43. The highest BCUT2D eigenvalue weighted by molar-refractivity contribution is 9.10. The predicted octanol–water partition coefficient (Wildman–Crippen LogP) is 4.75. The van der Waals surface area contributed by atoms with Gasteiger partial charge < -0.3 is 19.0 Å². The topological polar surface area (TPSA) is 63.0 Å². The largest absolute Gasteiger partial charge is 0.467 e. The van der Waals surface area contributed by atoms with Crippen LogP contribution < -0.4 is 0 Å². The number of hydrogen-bond acceptors (Lipinski definition) is 4. The van der Waals surface area contributed by atoms with Crippen molar-refractivity contribution in [1.29, 1.82) is 0 Å². The van der Waals surface area contributed by atoms with Crippen LogP contribution in [0.2, 0.25) is 0 Å². The van der Waals surface area contributed by atoms with Gasteiger partial charge in [0.05, 0.1) is 12.8 Å². The monoisotopic (exact) mass is 498 g/mol. The van der Waals surface area contributed by atoms with Crippen molar-refractivity contribution in [2.45, 2.75) is 19.5 Å². The van der Waals surface area contributed by atoms with E-state index >= 15 is 0 Å². The number of benzene rings is 2. The summed E-state index contributed by atoms with van der Waals surface area (Å²) in [4.78, 5) is 29.9. The highest BCUT2D eigenvalue weighted by atomic mass is 79.9. The molecule has 0 saturated heterocycles. The Labute approximate surface area is 196 Å². The van der Waals surface area contributed by atoms with Crippen molar-refractivity contribution in [1.82, 2.24) is 9.80 Å². The number of ether oxygens (including phenoxy) is 1. The zero-order chi connectivity index (χ0) is 22.8. The van der Waals surface area contributed by atoms with Gasteiger partial charge in [0.15, 0.2) is 0 Å². The molecule has 1 heterocycles. The molecule has 7 heteroatoms. The normalized spacial score (nSPS) is 10.7. The van der Waals surface area contributed by atoms with Crippen LogP contribution in [0.25, 0.3) is 0 Å². The summed E-state index contributed by atoms with van der Waals surface area (Å²) in [5, 5.41) is 0. The summed E-state index contributed by atoms with van der Waals surface area (Å²) in [5.41, 5.74) is 1.54. The van der Waals surface area contributed by atoms with Crippen LogP contribution in [0.4, 0.5) is 0 Å². The van der Waals surface area contributed by atoms with Gasteiger partial charge in [0.1, 0.15) is 12.3 Å². The minimum Gasteiger partial charge on any atom is -0.467 e. The van der Waals surface area contributed by atoms with Crippen LogP contribution in [0.3, 0.4) is 0 Å². The second-order valence-corrected chi connectivity index (χ2v) is 8.31. The van der Waals surface area contributed by atoms with Gasteiger partial charge in [-0.1, -0.05) is 52.3 Å². The molecule has 2 amide bonds. The maximum Gasteiger partial charge on any atom is 0.254 e. The molecule has 0 fully saturated rings. The molecule has 32 heavy (non-hydrogen) atoms. The summed E-state index contributed by atoms with van der Waals surface area (Å²) < 4.78 is 11.4. The van der Waals surface area contributed by atoms with E-state index in [0.717, 1.165) is 10.0 Å². The molecule has 0 aliphatic carbocycles. The summed E-state index contributed by atoms with van der Waals surface area (Å²) in [6.07, 6.45) is 2.23. The first-order chi connectivity index (χ1) is 15.6. The van der Waals surface area contributed by atoms with Gasteiger partial charge in [0.25, 0.3) is 5.91 Å². The average molecular weight is 499 g/mol. The van der Waals surface area contributed by atoms with E-state index in [4.69, 9.17) is 9.15 Å². The van der Waals surface area contributed by atoms with Crippen molar-refractivity contribution in [2.75, 3.05) is 26.8 Å². The maximum absolute atomic E-state index is 13.4. The Morgan fingerprint density at radius 2 is 1.78 bits per heavy atom. The van der Waals surface area contributed by atoms with Gasteiger partial charge in [-0.05, 0) is 42.3 Å². The fourth-order valence-corrected chi connectivity index (χ4v) is 3.75. The predicted molar refractivity (Wildman–Crippen MR) is 126 cm³/mol. The van der Waals surface area contributed by atoms with Crippen LogP contribution >= 0.6 is 15.9 Å². The number of rotatable bonds is 11. The molecule has 2 aromatic carbocycles. The second kappa shape index (κ2) is 12.2. The van der Waals surface area contributed by atoms with Crippen molar-refractivity contribution >= 4 is 27.7 Å². The molecule has 0 atom stereocenters. The zero-order valence-corrected chi connectivity index (χ0v) is 19.7. The summed E-state index contributed by atoms with van der Waals surface area (Å²) in [6, 6.07) is 20.6. The highest BCUT2D eigenvalue weighted by Crippen LogP contribution is 2.16. The lowest BCUT2D eigenvalue weighted by atomic mass is 10.2. The fraction of sp³-hybridized carbons (Fsp3) is 0.280. The van der Waals surface area contributed by atoms with Crippen molar-refractivity contribution in [3.63, 3.8) is 0 Å². The van der Waals surface area contributed by atoms with Gasteiger partial charge in [-0.15, -0.1) is 0 Å². The van der Waals surface area contributed by atoms with Crippen LogP contribution in [0, 0.1) is 0 Å². The first kappa shape index (κ1) is 23.8. The average Bonchev–Trinajstić information content (AvgIpc) is 3.31. The molecular weight excluding hydrogens is 472 g/mol. The van der Waals surface area contributed by atoms with Gasteiger partial charge in [-0.3, -0.25) is 9.59 Å². The Morgan fingerprint density at radius 3 is 2.47 bits per heavy atom. The lowest BCUT2D eigenvalue weighted by molar-refractivity contribution is -0.133. The first-order valence-corrected chi connectivity index (χ1v) is 11.2. The number of carbonyl (C=O) groups is 2. The Morgan fingerprint density at radius 1 is 0.969 bits per heavy atom. The molecule has 0 aliphatic rings. The minimum atomic E-state index is -0.187. The maximum atomic E-state index is 13.4. The second-order valence-electron chi connectivity index (χ2n) is 7.40. The molecule has 0 aliphatic heterocycles. The number of nitrogens with zero attached hydrogens (tertiary/aromatic N) is 2. The molecule has 3 aromatic rings. The van der Waals surface area contributed by atoms with Gasteiger partial charge in [0.2, 0.25) is 5.91 Å². The van der Waals surface area contributed by atoms with Crippen molar-refractivity contribution in [2.24, 2.45) is 0 Å². The standard InChI is InChI=1S/C25H27BrN2O4/c1-31-14-7-13-27(25(30)21-10-5-11-22(26)16-21)19-24(29)28(18-23-12-6-15-32-23)17-20-8-3-2-4-9-20/h2-6,8-12,15-16H,7,13-14,17-19H2,1H3. The van der Waals surface area contributed by atoms with Gasteiger partial charge in [-0.2, -0.15) is 0 Å². The Balaban J connectivity index is 1.78. The Kier molecular flexibility index (Phi) is 9.07. The van der Waals surface area contributed by atoms with Gasteiger partial charge in [-0.25, -0.2) is 0 Å². The quantitative estimate of drug-likeness (QED) is 0.358. The number of methoxy groups -OCH3 is 1. The first-order valence-electron chi connectivity index (χ1n) is 10.4. The molecule has 0 spiro atoms. The number of amides is 2. The molecule has 168 valence electrons. The van der Waals surface area contributed by atoms with Crippen LogP contribution in [-0.2, 0) is 22.6 Å². The third-order valence-corrected chi connectivity index (χ3v) is 5.45. The van der Waals surface area contributed by atoms with Crippen LogP contribution in [-0.4, -0.2) is 48.4 Å². The van der Waals surface area contributed by atoms with E-state index in [-0.39, 0.29) is 18.4 Å². The Hall–Kier alpha value is -2.90. The summed E-state index contributed by atoms with van der Waals surface area (Å²) >= 11 is 3.41. The smallest absolute Gasteiger partial charge is 0.254 e. The number of carbonyl (C=O) groups excluding carboxylic acids is 2. The third-order valence-electron chi connectivity index (χ3n) is 4.96. The molecular formula is C25H27BrN2O4. The molecule has 0 radical (unpaired) electrons. The van der Waals surface area contributed by atoms with E-state index in [1.165, 1.54) is 0 Å². The molecule has 0 saturated carbocycles. The van der Waals surface area contributed by atoms with Crippen molar-refractivity contribution in [3.05, 3.63) is 94.4 Å². The SMILES string of the molecule is COCCCN(CC(=O)N(Cc1ccccc1)Cc1ccco1)C(=O)c1cccc(Br)c1. The van der Waals surface area contributed by atoms with Gasteiger partial charge >= 0.3 is 0 Å². The van der Waals surface area contributed by atoms with E-state index in [0.29, 0.717) is 44.0 Å². The molecule has 3 rings (SSSR count). The molecule has 1 aromatic heterocycles. The lowest BCUT2D eigenvalue weighted by Gasteiger charge is -2.27. The van der Waals surface area contributed by atoms with E-state index in [9.17, 15) is 9.59 Å². The van der Waals surface area contributed by atoms with Crippen molar-refractivity contribution in [3.8, 4) is 0 Å². The molecule has 0 unspecified atom stereocenters. The van der Waals surface area contributed by atoms with Crippen LogP contribution in [0.15, 0.2) is 81.9 Å². The van der Waals surface area contributed by atoms with E-state index in [1.54, 1.807) is 41.4 Å². The fourth-order valence-electron chi connectivity index (χ4n) is 3.35. The van der Waals surface area contributed by atoms with Crippen LogP contribution in [0.1, 0.15) is 28.1 Å². The summed E-state index contributed by atoms with van der Waals surface area (Å²) in [6.45, 7) is 1.67. The summed E-state index contributed by atoms with van der Waals surface area (Å²) in [7, 11) is 1.62. The van der Waals surface area contributed by atoms with E-state index < -0.39 is 0 Å². The molecule has 0 N–H and O–H groups in total. The van der Waals surface area contributed by atoms with E-state index in [1.807, 2.05) is 48.5 Å². The highest BCUT2D eigenvalue weighted by Gasteiger charge is 2.23. The summed E-state index contributed by atoms with van der Waals surface area (Å²) in [5.74, 6) is 0.359. The van der Waals surface area contributed by atoms with Crippen molar-refractivity contribution < 1.29 is 18.7 Å².